The Hall–Kier alpha value is -3.12. The lowest BCUT2D eigenvalue weighted by atomic mass is 9.86. The highest BCUT2D eigenvalue weighted by molar-refractivity contribution is 7.15. The number of thiazole rings is 1. The first-order valence-electron chi connectivity index (χ1n) is 11.2. The SMILES string of the molecule is Cc1cc(C2=NOC(c3cc(F)c(F)c(F)c3)(C(F)(F)F)C2)ccc1C(=O)N(Cc1cnc(Cl)s1)C(C)C. The van der Waals surface area contributed by atoms with Crippen LogP contribution in [0.1, 0.15) is 52.2 Å². The van der Waals surface area contributed by atoms with Crippen LogP contribution in [0.15, 0.2) is 41.7 Å². The smallest absolute Gasteiger partial charge is 0.374 e. The fourth-order valence-corrected chi connectivity index (χ4v) is 5.08. The van der Waals surface area contributed by atoms with E-state index in [0.717, 1.165) is 4.88 Å². The molecule has 2 heterocycles. The molecule has 2 aromatic carbocycles. The Morgan fingerprint density at radius 2 is 1.84 bits per heavy atom. The van der Waals surface area contributed by atoms with Crippen molar-refractivity contribution in [3.8, 4) is 0 Å². The lowest BCUT2D eigenvalue weighted by Crippen LogP contribution is -2.43. The van der Waals surface area contributed by atoms with Gasteiger partial charge in [0.25, 0.3) is 11.5 Å². The Morgan fingerprint density at radius 3 is 2.37 bits per heavy atom. The van der Waals surface area contributed by atoms with Gasteiger partial charge in [-0.25, -0.2) is 18.2 Å². The number of halogens is 7. The summed E-state index contributed by atoms with van der Waals surface area (Å²) < 4.78 is 83.8. The molecule has 0 saturated carbocycles. The number of carbonyl (C=O) groups excluding carboxylic acids is 1. The molecule has 38 heavy (non-hydrogen) atoms. The summed E-state index contributed by atoms with van der Waals surface area (Å²) in [7, 11) is 0. The van der Waals surface area contributed by atoms with Gasteiger partial charge >= 0.3 is 6.18 Å². The van der Waals surface area contributed by atoms with E-state index >= 15 is 0 Å². The van der Waals surface area contributed by atoms with Gasteiger partial charge < -0.3 is 9.74 Å². The number of oxime groups is 1. The third-order valence-electron chi connectivity index (χ3n) is 6.16. The number of amides is 1. The van der Waals surface area contributed by atoms with Crippen molar-refractivity contribution < 1.29 is 36.0 Å². The Bertz CT molecular complexity index is 1400. The number of aromatic nitrogens is 1. The van der Waals surface area contributed by atoms with E-state index in [9.17, 15) is 31.1 Å². The van der Waals surface area contributed by atoms with Crippen LogP contribution in [0.25, 0.3) is 0 Å². The van der Waals surface area contributed by atoms with Crippen molar-refractivity contribution in [1.82, 2.24) is 9.88 Å². The molecule has 202 valence electrons. The lowest BCUT2D eigenvalue weighted by molar-refractivity contribution is -0.276. The maximum atomic E-state index is 14.1. The number of alkyl halides is 3. The zero-order valence-corrected chi connectivity index (χ0v) is 21.7. The molecule has 0 spiro atoms. The Morgan fingerprint density at radius 1 is 1.18 bits per heavy atom. The van der Waals surface area contributed by atoms with Crippen molar-refractivity contribution in [2.45, 2.75) is 51.6 Å². The zero-order valence-electron chi connectivity index (χ0n) is 20.2. The number of benzene rings is 2. The third kappa shape index (κ3) is 5.11. The lowest BCUT2D eigenvalue weighted by Gasteiger charge is -2.29. The number of hydrogen-bond donors (Lipinski definition) is 0. The minimum Gasteiger partial charge on any atom is -0.374 e. The Labute approximate surface area is 222 Å². The van der Waals surface area contributed by atoms with Crippen molar-refractivity contribution in [1.29, 1.82) is 0 Å². The highest BCUT2D eigenvalue weighted by Crippen LogP contribution is 2.49. The molecule has 0 saturated heterocycles. The fourth-order valence-electron chi connectivity index (χ4n) is 4.10. The van der Waals surface area contributed by atoms with E-state index in [2.05, 4.69) is 10.1 Å². The molecular weight excluding hydrogens is 556 g/mol. The van der Waals surface area contributed by atoms with Gasteiger partial charge in [-0.1, -0.05) is 22.8 Å². The molecule has 0 radical (unpaired) electrons. The largest absolute Gasteiger partial charge is 0.435 e. The predicted octanol–water partition coefficient (Wildman–Crippen LogP) is 7.16. The summed E-state index contributed by atoms with van der Waals surface area (Å²) in [6.45, 7) is 5.57. The summed E-state index contributed by atoms with van der Waals surface area (Å²) >= 11 is 7.14. The quantitative estimate of drug-likeness (QED) is 0.232. The standard InChI is InChI=1S/C25H20ClF6N3O2S/c1-12(2)35(11-16-10-33-23(26)38-16)22(36)17-5-4-14(6-13(17)3)20-9-24(37-34-20,25(30,31)32)15-7-18(27)21(29)19(28)8-15/h4-8,10,12H,9,11H2,1-3H3. The molecule has 1 atom stereocenters. The molecule has 5 nitrogen and oxygen atoms in total. The van der Waals surface area contributed by atoms with Gasteiger partial charge in [0.1, 0.15) is 0 Å². The molecule has 0 aliphatic carbocycles. The van der Waals surface area contributed by atoms with E-state index in [1.54, 1.807) is 18.0 Å². The van der Waals surface area contributed by atoms with Crippen molar-refractivity contribution in [2.24, 2.45) is 5.16 Å². The van der Waals surface area contributed by atoms with Gasteiger partial charge in [-0.3, -0.25) is 4.79 Å². The zero-order chi connectivity index (χ0) is 28.0. The molecule has 4 rings (SSSR count). The topological polar surface area (TPSA) is 54.8 Å². The monoisotopic (exact) mass is 575 g/mol. The van der Waals surface area contributed by atoms with E-state index in [1.807, 2.05) is 13.8 Å². The summed E-state index contributed by atoms with van der Waals surface area (Å²) in [4.78, 5) is 24.5. The van der Waals surface area contributed by atoms with E-state index < -0.39 is 41.2 Å². The van der Waals surface area contributed by atoms with Crippen LogP contribution in [0.2, 0.25) is 4.47 Å². The number of nitrogens with zero attached hydrogens (tertiary/aromatic N) is 3. The number of hydrogen-bond acceptors (Lipinski definition) is 5. The summed E-state index contributed by atoms with van der Waals surface area (Å²) in [5.74, 6) is -5.76. The van der Waals surface area contributed by atoms with Gasteiger partial charge in [-0.15, -0.1) is 11.3 Å². The second-order valence-electron chi connectivity index (χ2n) is 9.02. The minimum atomic E-state index is -5.14. The normalized spacial score (nSPS) is 17.5. The Balaban J connectivity index is 1.62. The average molecular weight is 576 g/mol. The van der Waals surface area contributed by atoms with E-state index in [4.69, 9.17) is 16.4 Å². The fraction of sp³-hybridized carbons (Fsp3) is 0.320. The van der Waals surface area contributed by atoms with Gasteiger partial charge in [0.05, 0.1) is 12.3 Å². The highest BCUT2D eigenvalue weighted by atomic mass is 35.5. The third-order valence-corrected chi connectivity index (χ3v) is 7.26. The van der Waals surface area contributed by atoms with Gasteiger partial charge in [0.15, 0.2) is 21.9 Å². The van der Waals surface area contributed by atoms with Crippen molar-refractivity contribution in [2.75, 3.05) is 0 Å². The van der Waals surface area contributed by atoms with Crippen LogP contribution in [0.5, 0.6) is 0 Å². The van der Waals surface area contributed by atoms with Crippen molar-refractivity contribution >= 4 is 34.6 Å². The van der Waals surface area contributed by atoms with Gasteiger partial charge in [0.2, 0.25) is 0 Å². The molecule has 0 bridgehead atoms. The van der Waals surface area contributed by atoms with E-state index in [-0.39, 0.29) is 41.9 Å². The molecule has 0 N–H and O–H groups in total. The van der Waals surface area contributed by atoms with Gasteiger partial charge in [0, 0.05) is 34.7 Å². The summed E-state index contributed by atoms with van der Waals surface area (Å²) in [5, 5.41) is 3.57. The van der Waals surface area contributed by atoms with Crippen molar-refractivity contribution in [3.05, 3.63) is 85.6 Å². The first kappa shape index (κ1) is 27.9. The molecule has 1 aliphatic rings. The minimum absolute atomic E-state index is 0.158. The van der Waals surface area contributed by atoms with Gasteiger partial charge in [-0.2, -0.15) is 13.2 Å². The summed E-state index contributed by atoms with van der Waals surface area (Å²) in [6.07, 6.45) is -4.48. The van der Waals surface area contributed by atoms with Gasteiger partial charge in [-0.05, 0) is 56.2 Å². The van der Waals surface area contributed by atoms with Crippen LogP contribution in [-0.4, -0.2) is 33.7 Å². The van der Waals surface area contributed by atoms with E-state index in [0.29, 0.717) is 15.6 Å². The van der Waals surface area contributed by atoms with Crippen LogP contribution in [0, 0.1) is 24.4 Å². The molecule has 1 unspecified atom stereocenters. The average Bonchev–Trinajstić information content (AvgIpc) is 3.47. The molecule has 3 aromatic rings. The molecule has 1 amide bonds. The predicted molar refractivity (Wildman–Crippen MR) is 130 cm³/mol. The van der Waals surface area contributed by atoms with Crippen LogP contribution in [0.3, 0.4) is 0 Å². The molecule has 1 aromatic heterocycles. The van der Waals surface area contributed by atoms with Crippen LogP contribution in [-0.2, 0) is 17.0 Å². The maximum Gasteiger partial charge on any atom is 0.435 e. The molecule has 0 fully saturated rings. The Kier molecular flexibility index (Phi) is 7.50. The van der Waals surface area contributed by atoms with Crippen LogP contribution >= 0.6 is 22.9 Å². The van der Waals surface area contributed by atoms with Crippen LogP contribution in [0.4, 0.5) is 26.3 Å². The highest BCUT2D eigenvalue weighted by Gasteiger charge is 2.62. The summed E-state index contributed by atoms with van der Waals surface area (Å²) in [6, 6.07) is 4.68. The second-order valence-corrected chi connectivity index (χ2v) is 10.7. The first-order chi connectivity index (χ1) is 17.7. The van der Waals surface area contributed by atoms with Crippen LogP contribution < -0.4 is 0 Å². The number of aryl methyl sites for hydroxylation is 1. The second kappa shape index (κ2) is 10.2. The molecular formula is C25H20ClF6N3O2S. The molecule has 1 aliphatic heterocycles. The first-order valence-corrected chi connectivity index (χ1v) is 12.4. The van der Waals surface area contributed by atoms with E-state index in [1.165, 1.54) is 29.5 Å². The number of rotatable bonds is 6. The van der Waals surface area contributed by atoms with Crippen molar-refractivity contribution in [3.63, 3.8) is 0 Å². The maximum absolute atomic E-state index is 14.1. The summed E-state index contributed by atoms with van der Waals surface area (Å²) in [5.41, 5.74) is -3.33. The number of carbonyl (C=O) groups is 1. The molecule has 13 heteroatoms.